The molecule has 1 fully saturated rings. The Bertz CT molecular complexity index is 194. The van der Waals surface area contributed by atoms with E-state index in [1.165, 1.54) is 57.8 Å². The number of unbranched alkanes of at least 4 members (excludes halogenated alkanes) is 3. The molecular formula is C16H30O. The predicted molar refractivity (Wildman–Crippen MR) is 75.0 cm³/mol. The minimum absolute atomic E-state index is 0.146. The first kappa shape index (κ1) is 14.8. The fourth-order valence-electron chi connectivity index (χ4n) is 3.16. The summed E-state index contributed by atoms with van der Waals surface area (Å²) in [6, 6.07) is 0. The van der Waals surface area contributed by atoms with Crippen LogP contribution < -0.4 is 0 Å². The minimum Gasteiger partial charge on any atom is -0.393 e. The summed E-state index contributed by atoms with van der Waals surface area (Å²) in [5, 5.41) is 10.3. The fraction of sp³-hybridized carbons (Fsp3) is 0.875. The van der Waals surface area contributed by atoms with Gasteiger partial charge in [0.15, 0.2) is 0 Å². The lowest BCUT2D eigenvalue weighted by Crippen LogP contribution is -2.27. The zero-order valence-electron chi connectivity index (χ0n) is 11.5. The van der Waals surface area contributed by atoms with Gasteiger partial charge < -0.3 is 5.11 Å². The molecule has 17 heavy (non-hydrogen) atoms. The minimum atomic E-state index is -0.146. The first-order chi connectivity index (χ1) is 8.29. The van der Waals surface area contributed by atoms with Crippen LogP contribution in [0.2, 0.25) is 0 Å². The van der Waals surface area contributed by atoms with E-state index >= 15 is 0 Å². The summed E-state index contributed by atoms with van der Waals surface area (Å²) in [5.41, 5.74) is 0. The second kappa shape index (κ2) is 8.74. The SMILES string of the molecule is C=C[C@H](C1CCCCC1)[C@@H](O)CCCCCC. The van der Waals surface area contributed by atoms with Crippen LogP contribution in [0.3, 0.4) is 0 Å². The predicted octanol–water partition coefficient (Wildman–Crippen LogP) is 4.70. The Morgan fingerprint density at radius 2 is 1.88 bits per heavy atom. The van der Waals surface area contributed by atoms with Crippen molar-refractivity contribution in [3.8, 4) is 0 Å². The molecule has 0 saturated heterocycles. The van der Waals surface area contributed by atoms with Crippen LogP contribution in [0, 0.1) is 11.8 Å². The molecule has 0 radical (unpaired) electrons. The quantitative estimate of drug-likeness (QED) is 0.480. The molecule has 100 valence electrons. The van der Waals surface area contributed by atoms with Gasteiger partial charge in [0.05, 0.1) is 6.10 Å². The summed E-state index contributed by atoms with van der Waals surface area (Å²) >= 11 is 0. The molecular weight excluding hydrogens is 208 g/mol. The van der Waals surface area contributed by atoms with Crippen molar-refractivity contribution in [3.63, 3.8) is 0 Å². The van der Waals surface area contributed by atoms with Crippen molar-refractivity contribution in [2.45, 2.75) is 77.2 Å². The highest BCUT2D eigenvalue weighted by Gasteiger charge is 2.26. The largest absolute Gasteiger partial charge is 0.393 e. The van der Waals surface area contributed by atoms with Crippen LogP contribution in [0.5, 0.6) is 0 Å². The maximum Gasteiger partial charge on any atom is 0.0605 e. The molecule has 0 aromatic rings. The molecule has 0 aromatic carbocycles. The van der Waals surface area contributed by atoms with Crippen LogP contribution in [0.4, 0.5) is 0 Å². The van der Waals surface area contributed by atoms with Gasteiger partial charge in [-0.3, -0.25) is 0 Å². The van der Waals surface area contributed by atoms with Gasteiger partial charge in [-0.15, -0.1) is 6.58 Å². The lowest BCUT2D eigenvalue weighted by molar-refractivity contribution is 0.0756. The van der Waals surface area contributed by atoms with Crippen LogP contribution >= 0.6 is 0 Å². The van der Waals surface area contributed by atoms with Gasteiger partial charge in [-0.25, -0.2) is 0 Å². The van der Waals surface area contributed by atoms with E-state index < -0.39 is 0 Å². The Morgan fingerprint density at radius 3 is 2.47 bits per heavy atom. The van der Waals surface area contributed by atoms with Crippen molar-refractivity contribution < 1.29 is 5.11 Å². The van der Waals surface area contributed by atoms with Crippen molar-refractivity contribution in [2.24, 2.45) is 11.8 Å². The van der Waals surface area contributed by atoms with Gasteiger partial charge in [-0.05, 0) is 25.2 Å². The van der Waals surface area contributed by atoms with Crippen LogP contribution in [-0.4, -0.2) is 11.2 Å². The molecule has 1 nitrogen and oxygen atoms in total. The first-order valence-corrected chi connectivity index (χ1v) is 7.60. The van der Waals surface area contributed by atoms with E-state index in [4.69, 9.17) is 0 Å². The Labute approximate surface area is 107 Å². The third-order valence-electron chi connectivity index (χ3n) is 4.26. The molecule has 0 heterocycles. The second-order valence-corrected chi connectivity index (χ2v) is 5.63. The Kier molecular flexibility index (Phi) is 7.59. The molecule has 1 heteroatoms. The molecule has 1 aliphatic carbocycles. The third kappa shape index (κ3) is 5.25. The van der Waals surface area contributed by atoms with E-state index in [-0.39, 0.29) is 6.10 Å². The zero-order chi connectivity index (χ0) is 12.5. The highest BCUT2D eigenvalue weighted by Crippen LogP contribution is 2.33. The van der Waals surface area contributed by atoms with E-state index in [1.54, 1.807) is 0 Å². The average Bonchev–Trinajstić information content (AvgIpc) is 2.37. The van der Waals surface area contributed by atoms with Crippen LogP contribution in [0.25, 0.3) is 0 Å². The first-order valence-electron chi connectivity index (χ1n) is 7.60. The van der Waals surface area contributed by atoms with Gasteiger partial charge in [0.25, 0.3) is 0 Å². The highest BCUT2D eigenvalue weighted by molar-refractivity contribution is 4.90. The van der Waals surface area contributed by atoms with E-state index in [0.29, 0.717) is 11.8 Å². The molecule has 1 N–H and O–H groups in total. The third-order valence-corrected chi connectivity index (χ3v) is 4.26. The van der Waals surface area contributed by atoms with Crippen LogP contribution in [-0.2, 0) is 0 Å². The lowest BCUT2D eigenvalue weighted by Gasteiger charge is -2.31. The average molecular weight is 238 g/mol. The summed E-state index contributed by atoms with van der Waals surface area (Å²) in [4.78, 5) is 0. The molecule has 1 saturated carbocycles. The summed E-state index contributed by atoms with van der Waals surface area (Å²) in [6.07, 6.45) is 14.5. The second-order valence-electron chi connectivity index (χ2n) is 5.63. The summed E-state index contributed by atoms with van der Waals surface area (Å²) in [7, 11) is 0. The highest BCUT2D eigenvalue weighted by atomic mass is 16.3. The Hall–Kier alpha value is -0.300. The van der Waals surface area contributed by atoms with Crippen LogP contribution in [0.15, 0.2) is 12.7 Å². The van der Waals surface area contributed by atoms with Gasteiger partial charge >= 0.3 is 0 Å². The summed E-state index contributed by atoms with van der Waals surface area (Å²) < 4.78 is 0. The molecule has 0 aromatic heterocycles. The molecule has 0 bridgehead atoms. The molecule has 1 aliphatic rings. The number of aliphatic hydroxyl groups is 1. The van der Waals surface area contributed by atoms with Gasteiger partial charge in [-0.2, -0.15) is 0 Å². The number of aliphatic hydroxyl groups excluding tert-OH is 1. The number of hydrogen-bond donors (Lipinski definition) is 1. The molecule has 0 spiro atoms. The topological polar surface area (TPSA) is 20.2 Å². The zero-order valence-corrected chi connectivity index (χ0v) is 11.5. The fourth-order valence-corrected chi connectivity index (χ4v) is 3.16. The smallest absolute Gasteiger partial charge is 0.0605 e. The van der Waals surface area contributed by atoms with E-state index in [2.05, 4.69) is 13.5 Å². The van der Waals surface area contributed by atoms with Crippen molar-refractivity contribution in [1.29, 1.82) is 0 Å². The number of hydrogen-bond acceptors (Lipinski definition) is 1. The van der Waals surface area contributed by atoms with Gasteiger partial charge in [0.1, 0.15) is 0 Å². The standard InChI is InChI=1S/C16H30O/c1-3-5-6-10-13-16(17)15(4-2)14-11-8-7-9-12-14/h4,14-17H,2-3,5-13H2,1H3/t15-,16+/m1/s1. The molecule has 2 atom stereocenters. The normalized spacial score (nSPS) is 21.1. The van der Waals surface area contributed by atoms with Crippen molar-refractivity contribution >= 4 is 0 Å². The lowest BCUT2D eigenvalue weighted by atomic mass is 9.76. The maximum atomic E-state index is 10.3. The molecule has 1 rings (SSSR count). The number of rotatable bonds is 8. The van der Waals surface area contributed by atoms with Gasteiger partial charge in [-0.1, -0.05) is 57.9 Å². The van der Waals surface area contributed by atoms with Gasteiger partial charge in [0.2, 0.25) is 0 Å². The monoisotopic (exact) mass is 238 g/mol. The molecule has 0 amide bonds. The van der Waals surface area contributed by atoms with Crippen molar-refractivity contribution in [3.05, 3.63) is 12.7 Å². The summed E-state index contributed by atoms with van der Waals surface area (Å²) in [6.45, 7) is 6.17. The Morgan fingerprint density at radius 1 is 1.18 bits per heavy atom. The summed E-state index contributed by atoms with van der Waals surface area (Å²) in [5.74, 6) is 1.04. The van der Waals surface area contributed by atoms with E-state index in [9.17, 15) is 5.11 Å². The van der Waals surface area contributed by atoms with E-state index in [1.807, 2.05) is 6.08 Å². The van der Waals surface area contributed by atoms with E-state index in [0.717, 1.165) is 6.42 Å². The van der Waals surface area contributed by atoms with Gasteiger partial charge in [0, 0.05) is 5.92 Å². The van der Waals surface area contributed by atoms with Crippen molar-refractivity contribution in [1.82, 2.24) is 0 Å². The molecule has 0 unspecified atom stereocenters. The van der Waals surface area contributed by atoms with Crippen molar-refractivity contribution in [2.75, 3.05) is 0 Å². The Balaban J connectivity index is 2.29. The van der Waals surface area contributed by atoms with Crippen LogP contribution in [0.1, 0.15) is 71.1 Å². The maximum absolute atomic E-state index is 10.3. The molecule has 0 aliphatic heterocycles.